The number of ether oxygens (including phenoxy) is 2. The van der Waals surface area contributed by atoms with E-state index in [0.717, 1.165) is 12.1 Å². The van der Waals surface area contributed by atoms with E-state index in [1.54, 1.807) is 37.3 Å². The number of amides is 1. The van der Waals surface area contributed by atoms with Crippen molar-refractivity contribution < 1.29 is 23.6 Å². The van der Waals surface area contributed by atoms with Crippen LogP contribution in [0.2, 0.25) is 0 Å². The number of fused-ring (bicyclic) bond motifs is 2. The highest BCUT2D eigenvalue weighted by atomic mass is 16.5. The van der Waals surface area contributed by atoms with Crippen molar-refractivity contribution in [2.24, 2.45) is 0 Å². The van der Waals surface area contributed by atoms with Crippen molar-refractivity contribution in [2.45, 2.75) is 6.04 Å². The Bertz CT molecular complexity index is 1150. The smallest absolute Gasteiger partial charge is 0.291 e. The van der Waals surface area contributed by atoms with Crippen LogP contribution in [-0.2, 0) is 0 Å². The maximum Gasteiger partial charge on any atom is 0.291 e. The molecule has 7 nitrogen and oxygen atoms in total. The molecule has 0 bridgehead atoms. The minimum Gasteiger partial charge on any atom is -0.497 e. The van der Waals surface area contributed by atoms with Gasteiger partial charge in [0.1, 0.15) is 17.1 Å². The Kier molecular flexibility index (Phi) is 5.22. The van der Waals surface area contributed by atoms with Crippen LogP contribution in [0.5, 0.6) is 11.5 Å². The van der Waals surface area contributed by atoms with Crippen LogP contribution in [0.25, 0.3) is 11.0 Å². The quantitative estimate of drug-likeness (QED) is 0.668. The lowest BCUT2D eigenvalue weighted by atomic mass is 9.98. The van der Waals surface area contributed by atoms with E-state index >= 15 is 0 Å². The van der Waals surface area contributed by atoms with E-state index in [2.05, 4.69) is 0 Å². The highest BCUT2D eigenvalue weighted by Gasteiger charge is 2.42. The van der Waals surface area contributed by atoms with Gasteiger partial charge in [-0.3, -0.25) is 9.59 Å². The monoisotopic (exact) mass is 409 g/mol. The van der Waals surface area contributed by atoms with Gasteiger partial charge in [0.05, 0.1) is 58.4 Å². The summed E-state index contributed by atoms with van der Waals surface area (Å²) in [6.07, 6.45) is 0. The molecular weight excluding hydrogens is 384 g/mol. The molecule has 0 radical (unpaired) electrons. The molecule has 0 fully saturated rings. The summed E-state index contributed by atoms with van der Waals surface area (Å²) in [4.78, 5) is 29.7. The molecule has 1 N–H and O–H groups in total. The number of hydrogen-bond acceptors (Lipinski definition) is 5. The molecule has 0 spiro atoms. The Hall–Kier alpha value is -3.32. The van der Waals surface area contributed by atoms with Crippen molar-refractivity contribution in [3.8, 4) is 11.5 Å². The van der Waals surface area contributed by atoms with Crippen molar-refractivity contribution >= 4 is 16.9 Å². The van der Waals surface area contributed by atoms with Gasteiger partial charge in [0, 0.05) is 6.07 Å². The number of hydrogen-bond donors (Lipinski definition) is 1. The Morgan fingerprint density at radius 3 is 2.30 bits per heavy atom. The normalized spacial score (nSPS) is 15.7. The van der Waals surface area contributed by atoms with Gasteiger partial charge in [-0.1, -0.05) is 12.1 Å². The van der Waals surface area contributed by atoms with Crippen LogP contribution in [0.1, 0.15) is 27.7 Å². The molecule has 7 heteroatoms. The molecule has 3 aromatic rings. The molecule has 0 aliphatic carbocycles. The third kappa shape index (κ3) is 3.31. The first kappa shape index (κ1) is 20.0. The van der Waals surface area contributed by atoms with Crippen LogP contribution < -0.4 is 19.8 Å². The first-order valence-corrected chi connectivity index (χ1v) is 9.83. The second kappa shape index (κ2) is 7.84. The minimum absolute atomic E-state index is 0.107. The van der Waals surface area contributed by atoms with Gasteiger partial charge in [0.2, 0.25) is 5.76 Å². The SMILES string of the molecule is COc1ccc([C@@H]2c3c(oc4cc(OC)ccc4c3=O)C(=O)N2CC[NH+](C)C)cc1. The van der Waals surface area contributed by atoms with Gasteiger partial charge < -0.3 is 23.7 Å². The zero-order valence-electron chi connectivity index (χ0n) is 17.5. The maximum atomic E-state index is 13.4. The lowest BCUT2D eigenvalue weighted by Gasteiger charge is -2.25. The number of benzene rings is 2. The summed E-state index contributed by atoms with van der Waals surface area (Å²) in [5.74, 6) is 1.12. The average molecular weight is 409 g/mol. The summed E-state index contributed by atoms with van der Waals surface area (Å²) in [5.41, 5.74) is 1.39. The summed E-state index contributed by atoms with van der Waals surface area (Å²) in [7, 11) is 7.20. The predicted octanol–water partition coefficient (Wildman–Crippen LogP) is 1.50. The number of carbonyl (C=O) groups excluding carboxylic acids is 1. The summed E-state index contributed by atoms with van der Waals surface area (Å²) in [6.45, 7) is 1.25. The van der Waals surface area contributed by atoms with Gasteiger partial charge >= 0.3 is 0 Å². The fraction of sp³-hybridized carbons (Fsp3) is 0.304. The number of nitrogens with zero attached hydrogens (tertiary/aromatic N) is 1. The van der Waals surface area contributed by atoms with Gasteiger partial charge in [-0.25, -0.2) is 0 Å². The predicted molar refractivity (Wildman–Crippen MR) is 113 cm³/mol. The average Bonchev–Trinajstić information content (AvgIpc) is 3.04. The van der Waals surface area contributed by atoms with E-state index < -0.39 is 6.04 Å². The van der Waals surface area contributed by atoms with Crippen LogP contribution in [0.15, 0.2) is 51.7 Å². The number of quaternary nitrogens is 1. The minimum atomic E-state index is -0.500. The number of nitrogens with one attached hydrogen (secondary N) is 1. The maximum absolute atomic E-state index is 13.4. The molecule has 2 aromatic carbocycles. The first-order chi connectivity index (χ1) is 14.4. The number of methoxy groups -OCH3 is 2. The Labute approximate surface area is 174 Å². The molecule has 0 saturated carbocycles. The molecule has 1 aliphatic rings. The number of carbonyl (C=O) groups is 1. The largest absolute Gasteiger partial charge is 0.497 e. The van der Waals surface area contributed by atoms with Gasteiger partial charge in [-0.2, -0.15) is 0 Å². The first-order valence-electron chi connectivity index (χ1n) is 9.83. The van der Waals surface area contributed by atoms with Gasteiger partial charge in [0.15, 0.2) is 5.43 Å². The summed E-state index contributed by atoms with van der Waals surface area (Å²) >= 11 is 0. The van der Waals surface area contributed by atoms with Crippen LogP contribution in [0.4, 0.5) is 0 Å². The summed E-state index contributed by atoms with van der Waals surface area (Å²) in [5, 5.41) is 0.431. The Morgan fingerprint density at radius 1 is 1.00 bits per heavy atom. The van der Waals surface area contributed by atoms with Crippen molar-refractivity contribution in [3.63, 3.8) is 0 Å². The molecule has 1 amide bonds. The molecule has 4 rings (SSSR count). The van der Waals surface area contributed by atoms with Gasteiger partial charge in [-0.05, 0) is 29.8 Å². The Balaban J connectivity index is 1.91. The molecule has 30 heavy (non-hydrogen) atoms. The third-order valence-corrected chi connectivity index (χ3v) is 5.46. The fourth-order valence-electron chi connectivity index (χ4n) is 3.83. The number of rotatable bonds is 6. The molecule has 2 heterocycles. The molecule has 1 atom stereocenters. The lowest BCUT2D eigenvalue weighted by molar-refractivity contribution is -0.857. The van der Waals surface area contributed by atoms with E-state index in [1.807, 2.05) is 38.4 Å². The lowest BCUT2D eigenvalue weighted by Crippen LogP contribution is -3.06. The Morgan fingerprint density at radius 2 is 1.67 bits per heavy atom. The third-order valence-electron chi connectivity index (χ3n) is 5.46. The van der Waals surface area contributed by atoms with Crippen molar-refractivity contribution in [3.05, 3.63) is 69.6 Å². The zero-order chi connectivity index (χ0) is 21.4. The van der Waals surface area contributed by atoms with E-state index in [0.29, 0.717) is 34.6 Å². The summed E-state index contributed by atoms with van der Waals surface area (Å²) < 4.78 is 16.5. The molecule has 156 valence electrons. The van der Waals surface area contributed by atoms with Crippen LogP contribution in [0.3, 0.4) is 0 Å². The highest BCUT2D eigenvalue weighted by Crippen LogP contribution is 2.38. The van der Waals surface area contributed by atoms with Crippen LogP contribution >= 0.6 is 0 Å². The molecule has 0 saturated heterocycles. The topological polar surface area (TPSA) is 73.4 Å². The van der Waals surface area contributed by atoms with Crippen molar-refractivity contribution in [2.75, 3.05) is 41.4 Å². The number of likely N-dealkylation sites (N-methyl/N-ethyl adjacent to an activating group) is 1. The molecule has 0 unspecified atom stereocenters. The molecule has 1 aliphatic heterocycles. The van der Waals surface area contributed by atoms with Crippen LogP contribution in [0, 0.1) is 0 Å². The van der Waals surface area contributed by atoms with E-state index in [9.17, 15) is 9.59 Å². The molecular formula is C23H25N2O5+. The van der Waals surface area contributed by atoms with Crippen molar-refractivity contribution in [1.82, 2.24) is 4.90 Å². The van der Waals surface area contributed by atoms with E-state index in [4.69, 9.17) is 13.9 Å². The fourth-order valence-corrected chi connectivity index (χ4v) is 3.83. The summed E-state index contributed by atoms with van der Waals surface area (Å²) in [6, 6.07) is 12.0. The standard InChI is InChI=1S/C23H24N2O5/c1-24(2)11-12-25-20(14-5-7-15(28-3)8-6-14)19-21(26)17-10-9-16(29-4)13-18(17)30-22(19)23(25)27/h5-10,13,20H,11-12H2,1-4H3/p+1/t20-/m1/s1. The second-order valence-electron chi connectivity index (χ2n) is 7.67. The zero-order valence-corrected chi connectivity index (χ0v) is 17.5. The molecule has 1 aromatic heterocycles. The van der Waals surface area contributed by atoms with Gasteiger partial charge in [0.25, 0.3) is 5.91 Å². The van der Waals surface area contributed by atoms with E-state index in [1.165, 1.54) is 4.90 Å². The van der Waals surface area contributed by atoms with E-state index in [-0.39, 0.29) is 17.1 Å². The van der Waals surface area contributed by atoms with Crippen molar-refractivity contribution in [1.29, 1.82) is 0 Å². The second-order valence-corrected chi connectivity index (χ2v) is 7.67. The van der Waals surface area contributed by atoms with Gasteiger partial charge in [-0.15, -0.1) is 0 Å². The van der Waals surface area contributed by atoms with Crippen LogP contribution in [-0.4, -0.2) is 52.2 Å². The highest BCUT2D eigenvalue weighted by molar-refractivity contribution is 5.99.